The highest BCUT2D eigenvalue weighted by Crippen LogP contribution is 2.23. The number of alkyl halides is 1. The molecule has 0 aliphatic carbocycles. The molecule has 0 N–H and O–H groups in total. The summed E-state index contributed by atoms with van der Waals surface area (Å²) in [7, 11) is 0. The number of hydrogen-bond donors (Lipinski definition) is 0. The van der Waals surface area contributed by atoms with Gasteiger partial charge in [-0.2, -0.15) is 0 Å². The Labute approximate surface area is 141 Å². The highest BCUT2D eigenvalue weighted by molar-refractivity contribution is 9.10. The van der Waals surface area contributed by atoms with Gasteiger partial charge in [0.15, 0.2) is 0 Å². The van der Waals surface area contributed by atoms with E-state index < -0.39 is 0 Å². The zero-order valence-corrected chi connectivity index (χ0v) is 15.3. The van der Waals surface area contributed by atoms with E-state index in [1.54, 1.807) is 0 Å². The van der Waals surface area contributed by atoms with Gasteiger partial charge in [0, 0.05) is 10.4 Å². The van der Waals surface area contributed by atoms with E-state index in [9.17, 15) is 0 Å². The van der Waals surface area contributed by atoms with E-state index in [2.05, 4.69) is 73.1 Å². The van der Waals surface area contributed by atoms with Crippen LogP contribution < -0.4 is 0 Å². The molecule has 1 atom stereocenters. The van der Waals surface area contributed by atoms with Crippen molar-refractivity contribution in [2.75, 3.05) is 5.88 Å². The topological polar surface area (TPSA) is 0 Å². The standard InChI is InChI=1S/C19H22BrCl/c1-13-8-14(2)19(15(3)9-13)11-17(12-21)10-16-4-6-18(20)7-5-16/h4-9,17H,10-12H2,1-3H3. The summed E-state index contributed by atoms with van der Waals surface area (Å²) < 4.78 is 1.12. The number of aryl methyl sites for hydroxylation is 3. The maximum absolute atomic E-state index is 6.23. The molecule has 0 heterocycles. The molecule has 0 spiro atoms. The molecule has 112 valence electrons. The maximum atomic E-state index is 6.23. The predicted molar refractivity (Wildman–Crippen MR) is 96.4 cm³/mol. The Morgan fingerprint density at radius 2 is 1.52 bits per heavy atom. The fourth-order valence-electron chi connectivity index (χ4n) is 2.96. The molecule has 0 aromatic heterocycles. The van der Waals surface area contributed by atoms with Crippen molar-refractivity contribution in [1.29, 1.82) is 0 Å². The zero-order valence-electron chi connectivity index (χ0n) is 12.9. The summed E-state index contributed by atoms with van der Waals surface area (Å²) in [5.74, 6) is 1.18. The molecular weight excluding hydrogens is 344 g/mol. The molecular formula is C19H22BrCl. The normalized spacial score (nSPS) is 12.4. The van der Waals surface area contributed by atoms with E-state index in [1.807, 2.05) is 0 Å². The molecule has 0 aliphatic rings. The van der Waals surface area contributed by atoms with Crippen molar-refractivity contribution < 1.29 is 0 Å². The van der Waals surface area contributed by atoms with E-state index >= 15 is 0 Å². The Bertz CT molecular complexity index is 578. The second-order valence-electron chi connectivity index (χ2n) is 5.93. The van der Waals surface area contributed by atoms with Crippen molar-refractivity contribution in [2.45, 2.75) is 33.6 Å². The summed E-state index contributed by atoms with van der Waals surface area (Å²) in [5.41, 5.74) is 6.93. The average Bonchev–Trinajstić information content (AvgIpc) is 2.43. The molecule has 0 saturated heterocycles. The van der Waals surface area contributed by atoms with Crippen molar-refractivity contribution in [2.24, 2.45) is 5.92 Å². The summed E-state index contributed by atoms with van der Waals surface area (Å²) in [6.07, 6.45) is 2.08. The van der Waals surface area contributed by atoms with Crippen LogP contribution in [0.25, 0.3) is 0 Å². The van der Waals surface area contributed by atoms with Crippen LogP contribution >= 0.6 is 27.5 Å². The van der Waals surface area contributed by atoms with E-state index in [-0.39, 0.29) is 0 Å². The van der Waals surface area contributed by atoms with Gasteiger partial charge in [-0.05, 0) is 73.9 Å². The van der Waals surface area contributed by atoms with E-state index in [1.165, 1.54) is 27.8 Å². The molecule has 0 amide bonds. The zero-order chi connectivity index (χ0) is 15.4. The summed E-state index contributed by atoms with van der Waals surface area (Å²) in [4.78, 5) is 0. The maximum Gasteiger partial charge on any atom is 0.0258 e. The van der Waals surface area contributed by atoms with E-state index in [0.717, 1.165) is 17.3 Å². The Hall–Kier alpha value is -0.790. The molecule has 0 bridgehead atoms. The van der Waals surface area contributed by atoms with E-state index in [0.29, 0.717) is 11.8 Å². The second kappa shape index (κ2) is 7.47. The van der Waals surface area contributed by atoms with Crippen molar-refractivity contribution in [3.8, 4) is 0 Å². The van der Waals surface area contributed by atoms with Crippen molar-refractivity contribution in [3.05, 3.63) is 68.7 Å². The molecule has 0 nitrogen and oxygen atoms in total. The second-order valence-corrected chi connectivity index (χ2v) is 7.16. The third-order valence-electron chi connectivity index (χ3n) is 3.99. The predicted octanol–water partition coefficient (Wildman–Crippen LogP) is 6.01. The molecule has 2 aromatic rings. The molecule has 0 fully saturated rings. The summed E-state index contributed by atoms with van der Waals surface area (Å²) >= 11 is 9.71. The van der Waals surface area contributed by atoms with Crippen LogP contribution in [0.1, 0.15) is 27.8 Å². The first-order chi connectivity index (χ1) is 9.99. The molecule has 0 saturated carbocycles. The average molecular weight is 366 g/mol. The SMILES string of the molecule is Cc1cc(C)c(CC(CCl)Cc2ccc(Br)cc2)c(C)c1. The van der Waals surface area contributed by atoms with Gasteiger partial charge in [-0.15, -0.1) is 11.6 Å². The van der Waals surface area contributed by atoms with Crippen molar-refractivity contribution >= 4 is 27.5 Å². The summed E-state index contributed by atoms with van der Waals surface area (Å²) in [6.45, 7) is 6.57. The first-order valence-electron chi connectivity index (χ1n) is 7.36. The van der Waals surface area contributed by atoms with Gasteiger partial charge in [-0.25, -0.2) is 0 Å². The lowest BCUT2D eigenvalue weighted by atomic mass is 9.89. The van der Waals surface area contributed by atoms with Crippen molar-refractivity contribution in [3.63, 3.8) is 0 Å². The smallest absolute Gasteiger partial charge is 0.0258 e. The van der Waals surface area contributed by atoms with Crippen LogP contribution in [0.2, 0.25) is 0 Å². The van der Waals surface area contributed by atoms with Gasteiger partial charge in [0.05, 0.1) is 0 Å². The number of halogens is 2. The van der Waals surface area contributed by atoms with Crippen LogP contribution in [0.5, 0.6) is 0 Å². The Kier molecular flexibility index (Phi) is 5.89. The first-order valence-corrected chi connectivity index (χ1v) is 8.69. The van der Waals surface area contributed by atoms with Crippen LogP contribution in [0.3, 0.4) is 0 Å². The molecule has 2 heteroatoms. The lowest BCUT2D eigenvalue weighted by Gasteiger charge is -2.18. The minimum atomic E-state index is 0.480. The Morgan fingerprint density at radius 3 is 2.05 bits per heavy atom. The fourth-order valence-corrected chi connectivity index (χ4v) is 3.44. The molecule has 21 heavy (non-hydrogen) atoms. The Balaban J connectivity index is 2.14. The minimum absolute atomic E-state index is 0.480. The largest absolute Gasteiger partial charge is 0.126 e. The molecule has 0 aliphatic heterocycles. The monoisotopic (exact) mass is 364 g/mol. The van der Waals surface area contributed by atoms with Crippen LogP contribution in [-0.2, 0) is 12.8 Å². The molecule has 0 radical (unpaired) electrons. The van der Waals surface area contributed by atoms with Gasteiger partial charge in [-0.3, -0.25) is 0 Å². The lowest BCUT2D eigenvalue weighted by Crippen LogP contribution is -2.12. The number of benzene rings is 2. The molecule has 1 unspecified atom stereocenters. The van der Waals surface area contributed by atoms with Crippen LogP contribution in [0.15, 0.2) is 40.9 Å². The fraction of sp³-hybridized carbons (Fsp3) is 0.368. The van der Waals surface area contributed by atoms with Gasteiger partial charge in [0.1, 0.15) is 0 Å². The Morgan fingerprint density at radius 1 is 0.952 bits per heavy atom. The highest BCUT2D eigenvalue weighted by atomic mass is 79.9. The van der Waals surface area contributed by atoms with Gasteiger partial charge >= 0.3 is 0 Å². The molecule has 2 rings (SSSR count). The van der Waals surface area contributed by atoms with Crippen LogP contribution in [0, 0.1) is 26.7 Å². The van der Waals surface area contributed by atoms with Gasteiger partial charge in [0.25, 0.3) is 0 Å². The summed E-state index contributed by atoms with van der Waals surface area (Å²) in [6, 6.07) is 13.1. The number of rotatable bonds is 5. The highest BCUT2D eigenvalue weighted by Gasteiger charge is 2.13. The van der Waals surface area contributed by atoms with Crippen molar-refractivity contribution in [1.82, 2.24) is 0 Å². The third-order valence-corrected chi connectivity index (χ3v) is 4.95. The quantitative estimate of drug-likeness (QED) is 0.569. The first kappa shape index (κ1) is 16.6. The number of hydrogen-bond acceptors (Lipinski definition) is 0. The summed E-state index contributed by atoms with van der Waals surface area (Å²) in [5, 5.41) is 0. The van der Waals surface area contributed by atoms with Crippen LogP contribution in [0.4, 0.5) is 0 Å². The third kappa shape index (κ3) is 4.59. The molecule has 2 aromatic carbocycles. The van der Waals surface area contributed by atoms with Gasteiger partial charge in [-0.1, -0.05) is 45.8 Å². The van der Waals surface area contributed by atoms with Crippen LogP contribution in [-0.4, -0.2) is 5.88 Å². The van der Waals surface area contributed by atoms with Gasteiger partial charge in [0.2, 0.25) is 0 Å². The lowest BCUT2D eigenvalue weighted by molar-refractivity contribution is 0.580. The minimum Gasteiger partial charge on any atom is -0.126 e. The van der Waals surface area contributed by atoms with Gasteiger partial charge < -0.3 is 0 Å². The van der Waals surface area contributed by atoms with E-state index in [4.69, 9.17) is 11.6 Å².